The number of rotatable bonds is 4. The van der Waals surface area contributed by atoms with Crippen molar-refractivity contribution >= 4 is 17.8 Å². The second-order valence-electron chi connectivity index (χ2n) is 3.95. The molecule has 0 aromatic heterocycles. The average Bonchev–Trinajstić information content (AvgIpc) is 2.83. The highest BCUT2D eigenvalue weighted by Crippen LogP contribution is 2.33. The van der Waals surface area contributed by atoms with Crippen molar-refractivity contribution < 1.29 is 23.8 Å². The van der Waals surface area contributed by atoms with Crippen molar-refractivity contribution in [2.45, 2.75) is 13.8 Å². The smallest absolute Gasteiger partial charge is 0.341 e. The van der Waals surface area contributed by atoms with E-state index in [2.05, 4.69) is 0 Å². The highest BCUT2D eigenvalue weighted by atomic mass is 16.7. The predicted molar refractivity (Wildman–Crippen MR) is 67.9 cm³/mol. The first kappa shape index (κ1) is 13.1. The minimum absolute atomic E-state index is 0.0146. The van der Waals surface area contributed by atoms with Crippen molar-refractivity contribution in [3.63, 3.8) is 0 Å². The molecule has 100 valence electrons. The fraction of sp³-hybridized carbons (Fsp3) is 0.286. The lowest BCUT2D eigenvalue weighted by molar-refractivity contribution is -0.139. The number of ketones is 1. The van der Waals surface area contributed by atoms with Crippen LogP contribution < -0.4 is 9.47 Å². The molecule has 0 saturated carbocycles. The van der Waals surface area contributed by atoms with Crippen molar-refractivity contribution in [2.24, 2.45) is 0 Å². The van der Waals surface area contributed by atoms with Gasteiger partial charge < -0.3 is 14.2 Å². The molecule has 0 saturated heterocycles. The highest BCUT2D eigenvalue weighted by molar-refractivity contribution is 6.19. The third-order valence-electron chi connectivity index (χ3n) is 2.58. The van der Waals surface area contributed by atoms with Gasteiger partial charge in [0, 0.05) is 0 Å². The van der Waals surface area contributed by atoms with Crippen molar-refractivity contribution in [2.75, 3.05) is 13.4 Å². The van der Waals surface area contributed by atoms with Crippen LogP contribution in [0.1, 0.15) is 19.4 Å². The number of Topliss-reactive ketones (excluding diaryl/α,β-unsaturated/α-hetero) is 1. The molecular formula is C14H14O5. The molecule has 0 N–H and O–H groups in total. The topological polar surface area (TPSA) is 61.8 Å². The Morgan fingerprint density at radius 1 is 1.32 bits per heavy atom. The van der Waals surface area contributed by atoms with Crippen LogP contribution in [0.5, 0.6) is 11.5 Å². The van der Waals surface area contributed by atoms with Gasteiger partial charge in [0.15, 0.2) is 17.3 Å². The minimum atomic E-state index is -0.618. The molecule has 0 bridgehead atoms. The molecule has 1 aliphatic rings. The first-order chi connectivity index (χ1) is 9.11. The molecule has 0 radical (unpaired) electrons. The van der Waals surface area contributed by atoms with E-state index in [9.17, 15) is 9.59 Å². The van der Waals surface area contributed by atoms with Gasteiger partial charge >= 0.3 is 5.97 Å². The molecule has 0 unspecified atom stereocenters. The van der Waals surface area contributed by atoms with Crippen LogP contribution in [0.25, 0.3) is 6.08 Å². The minimum Gasteiger partial charge on any atom is -0.462 e. The van der Waals surface area contributed by atoms with Gasteiger partial charge in [-0.05, 0) is 37.6 Å². The van der Waals surface area contributed by atoms with Gasteiger partial charge in [0.1, 0.15) is 5.57 Å². The maximum absolute atomic E-state index is 11.7. The van der Waals surface area contributed by atoms with Crippen LogP contribution in [0.3, 0.4) is 0 Å². The van der Waals surface area contributed by atoms with E-state index in [0.717, 1.165) is 0 Å². The predicted octanol–water partition coefficient (Wildman–Crippen LogP) is 1.95. The Kier molecular flexibility index (Phi) is 3.85. The molecule has 1 aliphatic heterocycles. The third kappa shape index (κ3) is 2.93. The molecule has 1 heterocycles. The van der Waals surface area contributed by atoms with Gasteiger partial charge in [-0.25, -0.2) is 4.79 Å². The Morgan fingerprint density at radius 3 is 2.74 bits per heavy atom. The van der Waals surface area contributed by atoms with Gasteiger partial charge in [0.2, 0.25) is 6.79 Å². The SMILES string of the molecule is CCOC(=O)/C(=C\c1ccc2c(c1)OCO2)C(C)=O. The zero-order valence-electron chi connectivity index (χ0n) is 10.8. The van der Waals surface area contributed by atoms with Gasteiger partial charge in [-0.3, -0.25) is 4.79 Å². The Balaban J connectivity index is 2.31. The van der Waals surface area contributed by atoms with Crippen LogP contribution in [0, 0.1) is 0 Å². The highest BCUT2D eigenvalue weighted by Gasteiger charge is 2.17. The molecular weight excluding hydrogens is 248 g/mol. The molecule has 0 spiro atoms. The average molecular weight is 262 g/mol. The third-order valence-corrected chi connectivity index (χ3v) is 2.58. The molecule has 5 nitrogen and oxygen atoms in total. The maximum atomic E-state index is 11.7. The largest absolute Gasteiger partial charge is 0.462 e. The summed E-state index contributed by atoms with van der Waals surface area (Å²) < 4.78 is 15.3. The molecule has 0 amide bonds. The van der Waals surface area contributed by atoms with E-state index in [0.29, 0.717) is 17.1 Å². The number of carbonyl (C=O) groups is 2. The van der Waals surface area contributed by atoms with Gasteiger partial charge in [-0.2, -0.15) is 0 Å². The summed E-state index contributed by atoms with van der Waals surface area (Å²) in [7, 11) is 0. The Morgan fingerprint density at radius 2 is 2.05 bits per heavy atom. The number of esters is 1. The quantitative estimate of drug-likeness (QED) is 0.359. The van der Waals surface area contributed by atoms with Crippen LogP contribution in [0.15, 0.2) is 23.8 Å². The lowest BCUT2D eigenvalue weighted by Gasteiger charge is -2.04. The van der Waals surface area contributed by atoms with Crippen LogP contribution in [-0.4, -0.2) is 25.2 Å². The van der Waals surface area contributed by atoms with Gasteiger partial charge in [-0.1, -0.05) is 6.07 Å². The number of benzene rings is 1. The van der Waals surface area contributed by atoms with Crippen molar-refractivity contribution in [1.82, 2.24) is 0 Å². The van der Waals surface area contributed by atoms with E-state index >= 15 is 0 Å². The summed E-state index contributed by atoms with van der Waals surface area (Å²) in [4.78, 5) is 23.1. The second kappa shape index (κ2) is 5.56. The standard InChI is InChI=1S/C14H14O5/c1-3-17-14(16)11(9(2)15)6-10-4-5-12-13(7-10)19-8-18-12/h4-7H,3,8H2,1-2H3/b11-6-. The molecule has 1 aromatic rings. The van der Waals surface area contributed by atoms with Crippen molar-refractivity contribution in [3.8, 4) is 11.5 Å². The number of fused-ring (bicyclic) bond motifs is 1. The Hall–Kier alpha value is -2.30. The van der Waals surface area contributed by atoms with Crippen molar-refractivity contribution in [3.05, 3.63) is 29.3 Å². The monoisotopic (exact) mass is 262 g/mol. The number of hydrogen-bond acceptors (Lipinski definition) is 5. The summed E-state index contributed by atoms with van der Waals surface area (Å²) in [5, 5.41) is 0. The molecule has 2 rings (SSSR count). The van der Waals surface area contributed by atoms with E-state index < -0.39 is 5.97 Å². The van der Waals surface area contributed by atoms with Crippen LogP contribution in [0.4, 0.5) is 0 Å². The lowest BCUT2D eigenvalue weighted by atomic mass is 10.1. The summed E-state index contributed by atoms with van der Waals surface area (Å²) in [6.45, 7) is 3.43. The van der Waals surface area contributed by atoms with Crippen LogP contribution >= 0.6 is 0 Å². The first-order valence-corrected chi connectivity index (χ1v) is 5.91. The van der Waals surface area contributed by atoms with E-state index in [4.69, 9.17) is 14.2 Å². The summed E-state index contributed by atoms with van der Waals surface area (Å²) in [6.07, 6.45) is 1.49. The summed E-state index contributed by atoms with van der Waals surface area (Å²) in [5.41, 5.74) is 0.697. The number of hydrogen-bond donors (Lipinski definition) is 0. The van der Waals surface area contributed by atoms with E-state index in [1.807, 2.05) is 0 Å². The normalized spacial score (nSPS) is 13.3. The summed E-state index contributed by atoms with van der Waals surface area (Å²) in [5.74, 6) is 0.293. The van der Waals surface area contributed by atoms with Gasteiger partial charge in [-0.15, -0.1) is 0 Å². The fourth-order valence-corrected chi connectivity index (χ4v) is 1.68. The van der Waals surface area contributed by atoms with Crippen LogP contribution in [-0.2, 0) is 14.3 Å². The zero-order chi connectivity index (χ0) is 13.8. The van der Waals surface area contributed by atoms with Crippen molar-refractivity contribution in [1.29, 1.82) is 0 Å². The zero-order valence-corrected chi connectivity index (χ0v) is 10.8. The van der Waals surface area contributed by atoms with Gasteiger partial charge in [0.25, 0.3) is 0 Å². The van der Waals surface area contributed by atoms with Gasteiger partial charge in [0.05, 0.1) is 6.61 Å². The summed E-state index contributed by atoms with van der Waals surface area (Å²) in [6, 6.07) is 5.19. The molecule has 1 aromatic carbocycles. The molecule has 0 aliphatic carbocycles. The fourth-order valence-electron chi connectivity index (χ4n) is 1.68. The molecule has 5 heteroatoms. The van der Waals surface area contributed by atoms with E-state index in [1.165, 1.54) is 13.0 Å². The maximum Gasteiger partial charge on any atom is 0.341 e. The molecule has 0 fully saturated rings. The molecule has 0 atom stereocenters. The molecule has 19 heavy (non-hydrogen) atoms. The number of ether oxygens (including phenoxy) is 3. The second-order valence-corrected chi connectivity index (χ2v) is 3.95. The summed E-state index contributed by atoms with van der Waals surface area (Å²) >= 11 is 0. The van der Waals surface area contributed by atoms with E-state index in [-0.39, 0.29) is 24.8 Å². The Labute approximate surface area is 110 Å². The Bertz CT molecular complexity index is 545. The van der Waals surface area contributed by atoms with Crippen LogP contribution in [0.2, 0.25) is 0 Å². The first-order valence-electron chi connectivity index (χ1n) is 5.91. The van der Waals surface area contributed by atoms with E-state index in [1.54, 1.807) is 25.1 Å². The number of carbonyl (C=O) groups excluding carboxylic acids is 2. The lowest BCUT2D eigenvalue weighted by Crippen LogP contribution is -2.13.